The van der Waals surface area contributed by atoms with Crippen LogP contribution in [0.4, 0.5) is 0 Å². The molecule has 1 aromatic heterocycles. The number of carbonyl (C=O) groups excluding carboxylic acids is 1. The number of ether oxygens (including phenoxy) is 2. The molecule has 34 heavy (non-hydrogen) atoms. The number of nitrogens with one attached hydrogen (secondary N) is 1. The van der Waals surface area contributed by atoms with Crippen LogP contribution in [-0.2, 0) is 0 Å². The van der Waals surface area contributed by atoms with Gasteiger partial charge in [0.25, 0.3) is 5.91 Å². The van der Waals surface area contributed by atoms with Crippen molar-refractivity contribution in [3.63, 3.8) is 0 Å². The van der Waals surface area contributed by atoms with Gasteiger partial charge in [0.05, 0.1) is 36.2 Å². The Morgan fingerprint density at radius 3 is 2.56 bits per heavy atom. The number of nitrogens with zero attached hydrogens (tertiary/aromatic N) is 2. The topological polar surface area (TPSA) is 93.0 Å². The van der Waals surface area contributed by atoms with E-state index in [4.69, 9.17) is 14.5 Å². The molecule has 0 atom stereocenters. The molecule has 0 saturated heterocycles. The first-order chi connectivity index (χ1) is 16.5. The minimum absolute atomic E-state index is 0.00361. The second-order valence-electron chi connectivity index (χ2n) is 7.87. The number of benzene rings is 3. The third-order valence-corrected chi connectivity index (χ3v) is 5.07. The van der Waals surface area contributed by atoms with E-state index < -0.39 is 0 Å². The fourth-order valence-electron chi connectivity index (χ4n) is 3.55. The highest BCUT2D eigenvalue weighted by Gasteiger charge is 2.16. The zero-order valence-electron chi connectivity index (χ0n) is 19.1. The van der Waals surface area contributed by atoms with Crippen LogP contribution in [0.2, 0.25) is 0 Å². The Bertz CT molecular complexity index is 1370. The van der Waals surface area contributed by atoms with Gasteiger partial charge in [-0.05, 0) is 61.9 Å². The predicted octanol–water partition coefficient (Wildman–Crippen LogP) is 5.17. The Morgan fingerprint density at radius 2 is 1.79 bits per heavy atom. The van der Waals surface area contributed by atoms with Crippen molar-refractivity contribution in [2.24, 2.45) is 5.10 Å². The number of para-hydroxylation sites is 2. The summed E-state index contributed by atoms with van der Waals surface area (Å²) in [4.78, 5) is 17.9. The Kier molecular flexibility index (Phi) is 6.73. The summed E-state index contributed by atoms with van der Waals surface area (Å²) < 4.78 is 11.0. The lowest BCUT2D eigenvalue weighted by Gasteiger charge is -2.15. The smallest absolute Gasteiger partial charge is 0.272 e. The van der Waals surface area contributed by atoms with Crippen LogP contribution in [0, 0.1) is 0 Å². The van der Waals surface area contributed by atoms with Gasteiger partial charge in [-0.1, -0.05) is 30.3 Å². The van der Waals surface area contributed by atoms with E-state index in [2.05, 4.69) is 10.5 Å². The highest BCUT2D eigenvalue weighted by molar-refractivity contribution is 6.07. The highest BCUT2D eigenvalue weighted by atomic mass is 16.5. The number of hydrogen-bond acceptors (Lipinski definition) is 6. The third kappa shape index (κ3) is 4.99. The van der Waals surface area contributed by atoms with Gasteiger partial charge in [0, 0.05) is 10.9 Å². The monoisotopic (exact) mass is 455 g/mol. The fraction of sp³-hybridized carbons (Fsp3) is 0.148. The average Bonchev–Trinajstić information content (AvgIpc) is 2.83. The number of amides is 1. The molecule has 0 radical (unpaired) electrons. The Hall–Kier alpha value is -4.39. The maximum atomic E-state index is 13.1. The molecule has 7 nitrogen and oxygen atoms in total. The van der Waals surface area contributed by atoms with Crippen molar-refractivity contribution < 1.29 is 19.4 Å². The molecule has 0 spiro atoms. The van der Waals surface area contributed by atoms with Gasteiger partial charge < -0.3 is 14.6 Å². The van der Waals surface area contributed by atoms with Crippen LogP contribution in [0.25, 0.3) is 22.2 Å². The van der Waals surface area contributed by atoms with Crippen LogP contribution < -0.4 is 14.9 Å². The average molecular weight is 456 g/mol. The number of phenolic OH excluding ortho intramolecular Hbond substituents is 1. The van der Waals surface area contributed by atoms with Gasteiger partial charge in [-0.3, -0.25) is 4.79 Å². The highest BCUT2D eigenvalue weighted by Crippen LogP contribution is 2.32. The summed E-state index contributed by atoms with van der Waals surface area (Å²) in [6.45, 7) is 3.92. The maximum Gasteiger partial charge on any atom is 0.272 e. The van der Waals surface area contributed by atoms with E-state index in [1.807, 2.05) is 62.4 Å². The Labute approximate surface area is 197 Å². The molecule has 1 amide bonds. The summed E-state index contributed by atoms with van der Waals surface area (Å²) in [6, 6.07) is 21.7. The molecule has 0 aliphatic rings. The number of fused-ring (bicyclic) bond motifs is 1. The summed E-state index contributed by atoms with van der Waals surface area (Å²) in [5, 5.41) is 14.7. The molecule has 2 N–H and O–H groups in total. The largest absolute Gasteiger partial charge is 0.504 e. The van der Waals surface area contributed by atoms with Gasteiger partial charge in [-0.15, -0.1) is 0 Å². The second-order valence-corrected chi connectivity index (χ2v) is 7.87. The van der Waals surface area contributed by atoms with Gasteiger partial charge in [0.15, 0.2) is 11.5 Å². The minimum Gasteiger partial charge on any atom is -0.504 e. The van der Waals surface area contributed by atoms with Gasteiger partial charge in [0.2, 0.25) is 0 Å². The first kappa shape index (κ1) is 22.8. The number of phenols is 1. The van der Waals surface area contributed by atoms with Crippen LogP contribution in [0.1, 0.15) is 29.8 Å². The van der Waals surface area contributed by atoms with Crippen LogP contribution >= 0.6 is 0 Å². The molecular weight excluding hydrogens is 430 g/mol. The summed E-state index contributed by atoms with van der Waals surface area (Å²) >= 11 is 0. The molecule has 1 heterocycles. The van der Waals surface area contributed by atoms with Gasteiger partial charge in [-0.25, -0.2) is 10.4 Å². The second kappa shape index (κ2) is 10.0. The fourth-order valence-corrected chi connectivity index (χ4v) is 3.55. The van der Waals surface area contributed by atoms with Crippen molar-refractivity contribution in [1.82, 2.24) is 10.4 Å². The van der Waals surface area contributed by atoms with E-state index in [0.717, 1.165) is 5.56 Å². The van der Waals surface area contributed by atoms with Crippen molar-refractivity contribution >= 4 is 23.0 Å². The van der Waals surface area contributed by atoms with Crippen LogP contribution in [0.3, 0.4) is 0 Å². The maximum absolute atomic E-state index is 13.1. The molecule has 4 rings (SSSR count). The van der Waals surface area contributed by atoms with Crippen molar-refractivity contribution in [2.45, 2.75) is 20.0 Å². The van der Waals surface area contributed by atoms with Gasteiger partial charge >= 0.3 is 0 Å². The summed E-state index contributed by atoms with van der Waals surface area (Å²) in [6.07, 6.45) is 1.45. The molecule has 0 bridgehead atoms. The zero-order chi connectivity index (χ0) is 24.1. The lowest BCUT2D eigenvalue weighted by molar-refractivity contribution is 0.0956. The Morgan fingerprint density at radius 1 is 1.03 bits per heavy atom. The summed E-state index contributed by atoms with van der Waals surface area (Å²) in [5.41, 5.74) is 5.74. The lowest BCUT2D eigenvalue weighted by Crippen LogP contribution is -2.18. The number of carbonyl (C=O) groups is 1. The quantitative estimate of drug-likeness (QED) is 0.296. The molecule has 0 aliphatic heterocycles. The van der Waals surface area contributed by atoms with E-state index in [1.165, 1.54) is 19.4 Å². The van der Waals surface area contributed by atoms with Crippen molar-refractivity contribution in [3.8, 4) is 28.5 Å². The SMILES string of the molecule is COc1ccc(C=NNC(=O)c2cc(-c3ccccc3OC(C)C)nc3ccccc23)cc1O. The molecule has 3 aromatic carbocycles. The molecule has 0 fully saturated rings. The van der Waals surface area contributed by atoms with E-state index >= 15 is 0 Å². The van der Waals surface area contributed by atoms with E-state index in [-0.39, 0.29) is 17.8 Å². The van der Waals surface area contributed by atoms with E-state index in [1.54, 1.807) is 18.2 Å². The number of aromatic hydroxyl groups is 1. The van der Waals surface area contributed by atoms with E-state index in [9.17, 15) is 9.90 Å². The van der Waals surface area contributed by atoms with Crippen LogP contribution in [-0.4, -0.2) is 35.4 Å². The van der Waals surface area contributed by atoms with Crippen molar-refractivity contribution in [3.05, 3.63) is 83.9 Å². The molecule has 0 aliphatic carbocycles. The molecule has 172 valence electrons. The standard InChI is InChI=1S/C27H25N3O4/c1-17(2)34-25-11-7-5-9-20(25)23-15-21(19-8-4-6-10-22(19)29-23)27(32)30-28-16-18-12-13-26(33-3)24(31)14-18/h4-17,31H,1-3H3,(H,30,32). The third-order valence-electron chi connectivity index (χ3n) is 5.07. The lowest BCUT2D eigenvalue weighted by atomic mass is 10.0. The first-order valence-electron chi connectivity index (χ1n) is 10.8. The van der Waals surface area contributed by atoms with Crippen LogP contribution in [0.15, 0.2) is 77.9 Å². The van der Waals surface area contributed by atoms with Crippen LogP contribution in [0.5, 0.6) is 17.2 Å². The van der Waals surface area contributed by atoms with Gasteiger partial charge in [-0.2, -0.15) is 5.10 Å². The number of methoxy groups -OCH3 is 1. The zero-order valence-corrected chi connectivity index (χ0v) is 19.1. The Balaban J connectivity index is 1.67. The number of pyridine rings is 1. The predicted molar refractivity (Wildman–Crippen MR) is 133 cm³/mol. The summed E-state index contributed by atoms with van der Waals surface area (Å²) in [7, 11) is 1.48. The molecule has 0 unspecified atom stereocenters. The first-order valence-corrected chi connectivity index (χ1v) is 10.8. The van der Waals surface area contributed by atoms with Gasteiger partial charge in [0.1, 0.15) is 5.75 Å². The number of hydrazone groups is 1. The van der Waals surface area contributed by atoms with Crippen molar-refractivity contribution in [1.29, 1.82) is 0 Å². The molecule has 4 aromatic rings. The number of rotatable bonds is 7. The number of aromatic nitrogens is 1. The molecular formula is C27H25N3O4. The minimum atomic E-state index is -0.379. The molecule has 7 heteroatoms. The summed E-state index contributed by atoms with van der Waals surface area (Å²) in [5.74, 6) is 0.670. The molecule has 0 saturated carbocycles. The normalized spacial score (nSPS) is 11.2. The number of hydrogen-bond donors (Lipinski definition) is 2. The van der Waals surface area contributed by atoms with Crippen molar-refractivity contribution in [2.75, 3.05) is 7.11 Å². The van der Waals surface area contributed by atoms with E-state index in [0.29, 0.717) is 39.2 Å².